The number of aromatic hydroxyl groups is 1. The van der Waals surface area contributed by atoms with Gasteiger partial charge in [0.2, 0.25) is 0 Å². The second-order valence-corrected chi connectivity index (χ2v) is 9.74. The summed E-state index contributed by atoms with van der Waals surface area (Å²) in [6.45, 7) is 16.1. The lowest BCUT2D eigenvalue weighted by atomic mass is 9.87. The molecule has 0 spiro atoms. The standard InChI is InChI=1S/C19H22ClNS.C8H10N2O/c1-6-16-13(2)18(12-11-17(16)20)21-22-15-9-7-14(8-10-15)19(3,4)5;1-3-10(2)8-7(11)5-4-6-9-8/h6-12,21H,1H2,2-5H3;3-6,11H,1H2,2H3. The second-order valence-electron chi connectivity index (χ2n) is 8.46. The average molecular weight is 482 g/mol. The molecule has 2 aromatic carbocycles. The van der Waals surface area contributed by atoms with Gasteiger partial charge >= 0.3 is 0 Å². The number of aromatic nitrogens is 1. The van der Waals surface area contributed by atoms with E-state index in [0.29, 0.717) is 5.82 Å². The van der Waals surface area contributed by atoms with Crippen molar-refractivity contribution >= 4 is 41.1 Å². The van der Waals surface area contributed by atoms with Gasteiger partial charge in [0.05, 0.1) is 0 Å². The summed E-state index contributed by atoms with van der Waals surface area (Å²) in [7, 11) is 1.77. The van der Waals surface area contributed by atoms with Gasteiger partial charge in [-0.05, 0) is 83.6 Å². The molecule has 0 bridgehead atoms. The van der Waals surface area contributed by atoms with Crippen LogP contribution in [-0.2, 0) is 5.41 Å². The van der Waals surface area contributed by atoms with Crippen LogP contribution in [0.15, 0.2) is 79.0 Å². The fourth-order valence-electron chi connectivity index (χ4n) is 2.94. The van der Waals surface area contributed by atoms with Crippen LogP contribution >= 0.6 is 23.5 Å². The summed E-state index contributed by atoms with van der Waals surface area (Å²) in [5.41, 5.74) is 4.68. The average Bonchev–Trinajstić information content (AvgIpc) is 2.79. The molecule has 0 radical (unpaired) electrons. The molecule has 0 unspecified atom stereocenters. The molecule has 174 valence electrons. The molecule has 0 aliphatic heterocycles. The molecule has 0 atom stereocenters. The Bertz CT molecular complexity index is 1090. The summed E-state index contributed by atoms with van der Waals surface area (Å²) in [6.07, 6.45) is 5.00. The highest BCUT2D eigenvalue weighted by molar-refractivity contribution is 8.00. The van der Waals surface area contributed by atoms with Crippen LogP contribution < -0.4 is 9.62 Å². The number of nitrogens with one attached hydrogen (secondary N) is 1. The first-order valence-electron chi connectivity index (χ1n) is 10.5. The number of halogens is 1. The SMILES string of the molecule is C=CN(C)c1ncccc1O.C=Cc1c(Cl)ccc(NSc2ccc(C(C)(C)C)cc2)c1C. The number of hydrogen-bond donors (Lipinski definition) is 2. The van der Waals surface area contributed by atoms with Crippen molar-refractivity contribution in [3.05, 3.63) is 95.8 Å². The van der Waals surface area contributed by atoms with Gasteiger partial charge in [-0.1, -0.05) is 63.7 Å². The molecule has 6 heteroatoms. The Hall–Kier alpha value is -2.89. The Balaban J connectivity index is 0.000000294. The van der Waals surface area contributed by atoms with Crippen molar-refractivity contribution < 1.29 is 5.11 Å². The maximum atomic E-state index is 9.26. The molecule has 3 aromatic rings. The molecule has 0 aliphatic rings. The van der Waals surface area contributed by atoms with E-state index in [1.165, 1.54) is 10.5 Å². The van der Waals surface area contributed by atoms with Crippen LogP contribution in [-0.4, -0.2) is 17.1 Å². The molecule has 0 amide bonds. The van der Waals surface area contributed by atoms with E-state index in [9.17, 15) is 5.11 Å². The van der Waals surface area contributed by atoms with E-state index in [2.05, 4.69) is 74.8 Å². The molecule has 2 N–H and O–H groups in total. The highest BCUT2D eigenvalue weighted by Gasteiger charge is 2.13. The predicted octanol–water partition coefficient (Wildman–Crippen LogP) is 8.08. The quantitative estimate of drug-likeness (QED) is 0.348. The van der Waals surface area contributed by atoms with E-state index in [-0.39, 0.29) is 11.2 Å². The smallest absolute Gasteiger partial charge is 0.174 e. The summed E-state index contributed by atoms with van der Waals surface area (Å²) in [5, 5.41) is 9.99. The Morgan fingerprint density at radius 3 is 2.30 bits per heavy atom. The Kier molecular flexibility index (Phi) is 9.44. The van der Waals surface area contributed by atoms with E-state index in [1.54, 1.807) is 54.5 Å². The van der Waals surface area contributed by atoms with E-state index in [0.717, 1.165) is 21.8 Å². The van der Waals surface area contributed by atoms with Gasteiger partial charge in [0.1, 0.15) is 0 Å². The van der Waals surface area contributed by atoms with Crippen molar-refractivity contribution in [3.8, 4) is 5.75 Å². The Morgan fingerprint density at radius 2 is 1.76 bits per heavy atom. The largest absolute Gasteiger partial charge is 0.504 e. The van der Waals surface area contributed by atoms with Gasteiger partial charge in [-0.15, -0.1) is 0 Å². The summed E-state index contributed by atoms with van der Waals surface area (Å²) >= 11 is 7.78. The summed E-state index contributed by atoms with van der Waals surface area (Å²) in [5.74, 6) is 0.678. The second kappa shape index (κ2) is 11.8. The number of benzene rings is 2. The lowest BCUT2D eigenvalue weighted by Gasteiger charge is -2.19. The van der Waals surface area contributed by atoms with Crippen LogP contribution in [0.2, 0.25) is 5.02 Å². The zero-order valence-corrected chi connectivity index (χ0v) is 21.5. The van der Waals surface area contributed by atoms with Gasteiger partial charge in [-0.2, -0.15) is 0 Å². The van der Waals surface area contributed by atoms with Gasteiger partial charge in [0.15, 0.2) is 11.6 Å². The number of hydrogen-bond acceptors (Lipinski definition) is 5. The zero-order valence-electron chi connectivity index (χ0n) is 19.9. The molecule has 1 heterocycles. The fourth-order valence-corrected chi connectivity index (χ4v) is 3.94. The number of pyridine rings is 1. The van der Waals surface area contributed by atoms with Crippen molar-refractivity contribution in [1.82, 2.24) is 4.98 Å². The van der Waals surface area contributed by atoms with Crippen molar-refractivity contribution in [2.75, 3.05) is 16.7 Å². The molecule has 0 aliphatic carbocycles. The van der Waals surface area contributed by atoms with E-state index in [1.807, 2.05) is 12.1 Å². The summed E-state index contributed by atoms with van der Waals surface area (Å²) in [4.78, 5) is 6.78. The van der Waals surface area contributed by atoms with Gasteiger partial charge in [-0.25, -0.2) is 4.98 Å². The first-order chi connectivity index (χ1) is 15.6. The lowest BCUT2D eigenvalue weighted by molar-refractivity contribution is 0.473. The normalized spacial score (nSPS) is 10.6. The number of rotatable bonds is 6. The highest BCUT2D eigenvalue weighted by Crippen LogP contribution is 2.31. The van der Waals surface area contributed by atoms with Crippen LogP contribution in [0.4, 0.5) is 11.5 Å². The van der Waals surface area contributed by atoms with Crippen molar-refractivity contribution in [1.29, 1.82) is 0 Å². The first-order valence-corrected chi connectivity index (χ1v) is 11.7. The van der Waals surface area contributed by atoms with Crippen LogP contribution in [0.5, 0.6) is 5.75 Å². The van der Waals surface area contributed by atoms with E-state index >= 15 is 0 Å². The minimum Gasteiger partial charge on any atom is -0.504 e. The van der Waals surface area contributed by atoms with Crippen molar-refractivity contribution in [2.24, 2.45) is 0 Å². The van der Waals surface area contributed by atoms with Gasteiger partial charge in [0, 0.05) is 28.9 Å². The third kappa shape index (κ3) is 7.31. The van der Waals surface area contributed by atoms with Gasteiger partial charge in [-0.3, -0.25) is 0 Å². The van der Waals surface area contributed by atoms with Crippen LogP contribution in [0.3, 0.4) is 0 Å². The highest BCUT2D eigenvalue weighted by atomic mass is 35.5. The minimum atomic E-state index is 0.162. The maximum Gasteiger partial charge on any atom is 0.174 e. The lowest BCUT2D eigenvalue weighted by Crippen LogP contribution is -2.10. The predicted molar refractivity (Wildman–Crippen MR) is 145 cm³/mol. The van der Waals surface area contributed by atoms with Crippen LogP contribution in [0.25, 0.3) is 6.08 Å². The Morgan fingerprint density at radius 1 is 1.09 bits per heavy atom. The van der Waals surface area contributed by atoms with Crippen molar-refractivity contribution in [3.63, 3.8) is 0 Å². The molecule has 3 rings (SSSR count). The molecule has 1 aromatic heterocycles. The summed E-state index contributed by atoms with van der Waals surface area (Å²) in [6, 6.07) is 15.8. The fraction of sp³-hybridized carbons (Fsp3) is 0.222. The third-order valence-corrected chi connectivity index (χ3v) is 6.20. The summed E-state index contributed by atoms with van der Waals surface area (Å²) < 4.78 is 3.40. The molecule has 0 saturated heterocycles. The third-order valence-electron chi connectivity index (χ3n) is 5.04. The van der Waals surface area contributed by atoms with Gasteiger partial charge in [0.25, 0.3) is 0 Å². The molecular formula is C27H32ClN3OS. The van der Waals surface area contributed by atoms with Crippen LogP contribution in [0.1, 0.15) is 37.5 Å². The van der Waals surface area contributed by atoms with Crippen LogP contribution in [0, 0.1) is 6.92 Å². The van der Waals surface area contributed by atoms with Gasteiger partial charge < -0.3 is 14.7 Å². The number of nitrogens with zero attached hydrogens (tertiary/aromatic N) is 2. The monoisotopic (exact) mass is 481 g/mol. The van der Waals surface area contributed by atoms with Crippen molar-refractivity contribution in [2.45, 2.75) is 38.0 Å². The molecular weight excluding hydrogens is 450 g/mol. The minimum absolute atomic E-state index is 0.162. The van der Waals surface area contributed by atoms with E-state index in [4.69, 9.17) is 11.6 Å². The molecule has 4 nitrogen and oxygen atoms in total. The molecule has 33 heavy (non-hydrogen) atoms. The molecule has 0 fully saturated rings. The zero-order chi connectivity index (χ0) is 24.6. The Labute approximate surface area is 207 Å². The van der Waals surface area contributed by atoms with E-state index < -0.39 is 0 Å². The first kappa shape index (κ1) is 26.4. The maximum absolute atomic E-state index is 9.26. The topological polar surface area (TPSA) is 48.4 Å². The molecule has 0 saturated carbocycles. The number of anilines is 2.